The van der Waals surface area contributed by atoms with Crippen LogP contribution in [0.4, 0.5) is 0 Å². The van der Waals surface area contributed by atoms with Gasteiger partial charge in [0.15, 0.2) is 0 Å². The minimum atomic E-state index is -3.86. The molecular weight excluding hydrogens is 238 g/mol. The van der Waals surface area contributed by atoms with Gasteiger partial charge in [0.25, 0.3) is 10.2 Å². The lowest BCUT2D eigenvalue weighted by Gasteiger charge is -2.13. The highest BCUT2D eigenvalue weighted by Gasteiger charge is 2.23. The summed E-state index contributed by atoms with van der Waals surface area (Å²) in [5, 5.41) is 8.71. The molecular formula is C7H15N3O5S. The van der Waals surface area contributed by atoms with E-state index in [1.54, 1.807) is 6.92 Å². The lowest BCUT2D eigenvalue weighted by Crippen LogP contribution is -2.46. The molecule has 0 unspecified atom stereocenters. The fourth-order valence-electron chi connectivity index (χ4n) is 0.938. The van der Waals surface area contributed by atoms with Crippen LogP contribution in [0.3, 0.4) is 0 Å². The molecule has 94 valence electrons. The SMILES string of the molecule is CCNS(=O)(=O)N[C@H](CCC(N)=O)C(=O)O. The van der Waals surface area contributed by atoms with Gasteiger partial charge in [0.1, 0.15) is 6.04 Å². The minimum absolute atomic E-state index is 0.136. The second-order valence-electron chi connectivity index (χ2n) is 3.01. The Balaban J connectivity index is 4.45. The first-order chi connectivity index (χ1) is 7.28. The Kier molecular flexibility index (Phi) is 5.93. The standard InChI is InChI=1S/C7H15N3O5S/c1-2-9-16(14,15)10-5(7(12)13)3-4-6(8)11/h5,9-10H,2-4H2,1H3,(H2,8,11)(H,12,13)/t5-/m1/s1. The number of carbonyl (C=O) groups excluding carboxylic acids is 1. The zero-order valence-electron chi connectivity index (χ0n) is 8.76. The fourth-order valence-corrected chi connectivity index (χ4v) is 1.99. The first-order valence-electron chi connectivity index (χ1n) is 4.56. The molecule has 5 N–H and O–H groups in total. The van der Waals surface area contributed by atoms with Crippen molar-refractivity contribution in [3.8, 4) is 0 Å². The van der Waals surface area contributed by atoms with E-state index in [0.29, 0.717) is 0 Å². The molecule has 0 heterocycles. The number of nitrogens with one attached hydrogen (secondary N) is 2. The number of carboxylic acids is 1. The number of amides is 1. The van der Waals surface area contributed by atoms with Crippen LogP contribution in [-0.4, -0.2) is 38.0 Å². The molecule has 16 heavy (non-hydrogen) atoms. The van der Waals surface area contributed by atoms with Crippen LogP contribution in [0.2, 0.25) is 0 Å². The zero-order valence-corrected chi connectivity index (χ0v) is 9.58. The van der Waals surface area contributed by atoms with Gasteiger partial charge in [0, 0.05) is 13.0 Å². The molecule has 8 nitrogen and oxygen atoms in total. The van der Waals surface area contributed by atoms with Crippen LogP contribution in [-0.2, 0) is 19.8 Å². The highest BCUT2D eigenvalue weighted by atomic mass is 32.2. The third kappa shape index (κ3) is 6.32. The number of aliphatic carboxylic acids is 1. The maximum atomic E-state index is 11.2. The third-order valence-electron chi connectivity index (χ3n) is 1.61. The summed E-state index contributed by atoms with van der Waals surface area (Å²) in [5.41, 5.74) is 4.84. The average Bonchev–Trinajstić information content (AvgIpc) is 2.11. The van der Waals surface area contributed by atoms with Gasteiger partial charge in [-0.15, -0.1) is 0 Å². The van der Waals surface area contributed by atoms with Gasteiger partial charge in [0.05, 0.1) is 0 Å². The molecule has 0 spiro atoms. The number of hydrogen-bond acceptors (Lipinski definition) is 4. The Hall–Kier alpha value is -1.19. The second-order valence-corrected chi connectivity index (χ2v) is 4.55. The summed E-state index contributed by atoms with van der Waals surface area (Å²) in [7, 11) is -3.86. The van der Waals surface area contributed by atoms with Gasteiger partial charge in [-0.05, 0) is 6.42 Å². The minimum Gasteiger partial charge on any atom is -0.480 e. The molecule has 0 saturated heterocycles. The molecule has 0 rings (SSSR count). The van der Waals surface area contributed by atoms with E-state index in [4.69, 9.17) is 10.8 Å². The highest BCUT2D eigenvalue weighted by Crippen LogP contribution is 1.98. The molecule has 0 fully saturated rings. The van der Waals surface area contributed by atoms with Gasteiger partial charge in [-0.2, -0.15) is 13.1 Å². The molecule has 9 heteroatoms. The van der Waals surface area contributed by atoms with Crippen LogP contribution in [0.5, 0.6) is 0 Å². The van der Waals surface area contributed by atoms with Crippen molar-refractivity contribution in [3.05, 3.63) is 0 Å². The highest BCUT2D eigenvalue weighted by molar-refractivity contribution is 7.87. The van der Waals surface area contributed by atoms with Crippen LogP contribution in [0, 0.1) is 0 Å². The molecule has 1 amide bonds. The summed E-state index contributed by atoms with van der Waals surface area (Å²) in [4.78, 5) is 21.1. The quantitative estimate of drug-likeness (QED) is 0.402. The smallest absolute Gasteiger partial charge is 0.321 e. The summed E-state index contributed by atoms with van der Waals surface area (Å²) >= 11 is 0. The average molecular weight is 253 g/mol. The number of carbonyl (C=O) groups is 2. The third-order valence-corrected chi connectivity index (χ3v) is 2.87. The van der Waals surface area contributed by atoms with Crippen LogP contribution in [0.1, 0.15) is 19.8 Å². The molecule has 0 aromatic carbocycles. The van der Waals surface area contributed by atoms with Gasteiger partial charge in [-0.1, -0.05) is 6.92 Å². The number of carboxylic acid groups (broad SMARTS) is 1. The maximum Gasteiger partial charge on any atom is 0.321 e. The topological polar surface area (TPSA) is 139 Å². The number of primary amides is 1. The van der Waals surface area contributed by atoms with E-state index in [0.717, 1.165) is 0 Å². The molecule has 0 aliphatic rings. The van der Waals surface area contributed by atoms with E-state index in [1.807, 2.05) is 4.72 Å². The van der Waals surface area contributed by atoms with Gasteiger partial charge >= 0.3 is 5.97 Å². The number of nitrogens with two attached hydrogens (primary N) is 1. The molecule has 1 atom stereocenters. The van der Waals surface area contributed by atoms with Crippen molar-refractivity contribution in [3.63, 3.8) is 0 Å². The molecule has 0 aliphatic heterocycles. The van der Waals surface area contributed by atoms with Crippen LogP contribution in [0.15, 0.2) is 0 Å². The Labute approximate surface area is 93.4 Å². The normalized spacial score (nSPS) is 13.3. The van der Waals surface area contributed by atoms with Gasteiger partial charge in [-0.25, -0.2) is 4.72 Å². The molecule has 0 bridgehead atoms. The van der Waals surface area contributed by atoms with Crippen molar-refractivity contribution in [2.24, 2.45) is 5.73 Å². The van der Waals surface area contributed by atoms with Crippen molar-refractivity contribution >= 4 is 22.1 Å². The van der Waals surface area contributed by atoms with Crippen LogP contribution < -0.4 is 15.2 Å². The van der Waals surface area contributed by atoms with Crippen molar-refractivity contribution in [1.29, 1.82) is 0 Å². The summed E-state index contributed by atoms with van der Waals surface area (Å²) in [6, 6.07) is -1.36. The predicted octanol–water partition coefficient (Wildman–Crippen LogP) is -1.85. The summed E-state index contributed by atoms with van der Waals surface area (Å²) < 4.78 is 26.4. The van der Waals surface area contributed by atoms with E-state index in [2.05, 4.69) is 4.72 Å². The zero-order chi connectivity index (χ0) is 12.8. The lowest BCUT2D eigenvalue weighted by atomic mass is 10.2. The lowest BCUT2D eigenvalue weighted by molar-refractivity contribution is -0.139. The molecule has 0 saturated carbocycles. The van der Waals surface area contributed by atoms with E-state index >= 15 is 0 Å². The van der Waals surface area contributed by atoms with E-state index in [-0.39, 0.29) is 19.4 Å². The van der Waals surface area contributed by atoms with Crippen LogP contribution in [0.25, 0.3) is 0 Å². The Bertz CT molecular complexity index is 353. The Morgan fingerprint density at radius 2 is 2.00 bits per heavy atom. The molecule has 0 aromatic rings. The van der Waals surface area contributed by atoms with Gasteiger partial charge < -0.3 is 10.8 Å². The maximum absolute atomic E-state index is 11.2. The number of hydrogen-bond donors (Lipinski definition) is 4. The van der Waals surface area contributed by atoms with Gasteiger partial charge in [0.2, 0.25) is 5.91 Å². The Morgan fingerprint density at radius 1 is 1.44 bits per heavy atom. The van der Waals surface area contributed by atoms with Crippen molar-refractivity contribution in [1.82, 2.24) is 9.44 Å². The summed E-state index contributed by atoms with van der Waals surface area (Å²) in [6.07, 6.45) is -0.388. The van der Waals surface area contributed by atoms with Crippen LogP contribution >= 0.6 is 0 Å². The fraction of sp³-hybridized carbons (Fsp3) is 0.714. The van der Waals surface area contributed by atoms with E-state index < -0.39 is 28.1 Å². The predicted molar refractivity (Wildman–Crippen MR) is 55.6 cm³/mol. The van der Waals surface area contributed by atoms with Crippen molar-refractivity contribution in [2.45, 2.75) is 25.8 Å². The summed E-state index contributed by atoms with van der Waals surface area (Å²) in [6.45, 7) is 1.69. The molecule has 0 aromatic heterocycles. The first-order valence-corrected chi connectivity index (χ1v) is 6.05. The van der Waals surface area contributed by atoms with E-state index in [9.17, 15) is 18.0 Å². The largest absolute Gasteiger partial charge is 0.480 e. The van der Waals surface area contributed by atoms with Crippen molar-refractivity contribution < 1.29 is 23.1 Å². The monoisotopic (exact) mass is 253 g/mol. The van der Waals surface area contributed by atoms with Gasteiger partial charge in [-0.3, -0.25) is 9.59 Å². The summed E-state index contributed by atoms with van der Waals surface area (Å²) in [5.74, 6) is -2.04. The van der Waals surface area contributed by atoms with E-state index in [1.165, 1.54) is 0 Å². The first kappa shape index (κ1) is 14.8. The number of rotatable bonds is 8. The Morgan fingerprint density at radius 3 is 2.38 bits per heavy atom. The molecule has 0 aliphatic carbocycles. The molecule has 0 radical (unpaired) electrons. The second kappa shape index (κ2) is 6.40. The van der Waals surface area contributed by atoms with Crippen molar-refractivity contribution in [2.75, 3.05) is 6.54 Å².